The van der Waals surface area contributed by atoms with Crippen LogP contribution >= 0.6 is 23.2 Å². The van der Waals surface area contributed by atoms with E-state index < -0.39 is 0 Å². The molecule has 5 rings (SSSR count). The number of nitrogens with zero attached hydrogens (tertiary/aromatic N) is 4. The number of fused-ring (bicyclic) bond motifs is 1. The Bertz CT molecular complexity index is 1320. The van der Waals surface area contributed by atoms with E-state index in [-0.39, 0.29) is 5.69 Å². The molecule has 0 radical (unpaired) electrons. The minimum Gasteiger partial charge on any atom is -0.355 e. The van der Waals surface area contributed by atoms with Crippen LogP contribution in [-0.4, -0.2) is 25.7 Å². The molecule has 0 spiro atoms. The molecule has 32 heavy (non-hydrogen) atoms. The third-order valence-corrected chi connectivity index (χ3v) is 6.59. The number of hydrogen-bond donors (Lipinski definition) is 1. The summed E-state index contributed by atoms with van der Waals surface area (Å²) in [6.45, 7) is 0.782. The van der Waals surface area contributed by atoms with Crippen molar-refractivity contribution in [3.05, 3.63) is 69.1 Å². The van der Waals surface area contributed by atoms with Crippen molar-refractivity contribution in [2.24, 2.45) is 13.0 Å². The van der Waals surface area contributed by atoms with Gasteiger partial charge < -0.3 is 5.32 Å². The molecule has 0 bridgehead atoms. The van der Waals surface area contributed by atoms with E-state index in [9.17, 15) is 4.79 Å². The first-order valence-electron chi connectivity index (χ1n) is 10.8. The number of benzene rings is 2. The second kappa shape index (κ2) is 8.60. The van der Waals surface area contributed by atoms with E-state index in [2.05, 4.69) is 10.4 Å². The third kappa shape index (κ3) is 3.89. The van der Waals surface area contributed by atoms with Gasteiger partial charge in [-0.2, -0.15) is 0 Å². The van der Waals surface area contributed by atoms with Gasteiger partial charge in [-0.25, -0.2) is 18.9 Å². The molecule has 0 atom stereocenters. The van der Waals surface area contributed by atoms with Gasteiger partial charge >= 0.3 is 5.69 Å². The first-order chi connectivity index (χ1) is 15.5. The molecule has 4 aromatic rings. The summed E-state index contributed by atoms with van der Waals surface area (Å²) in [4.78, 5) is 18.0. The van der Waals surface area contributed by atoms with Crippen LogP contribution in [-0.2, 0) is 7.05 Å². The average molecular weight is 468 g/mol. The molecule has 2 heterocycles. The van der Waals surface area contributed by atoms with Crippen molar-refractivity contribution in [1.82, 2.24) is 19.2 Å². The van der Waals surface area contributed by atoms with Gasteiger partial charge in [-0.05, 0) is 48.6 Å². The van der Waals surface area contributed by atoms with E-state index in [0.29, 0.717) is 27.6 Å². The third-order valence-electron chi connectivity index (χ3n) is 6.09. The molecule has 0 unspecified atom stereocenters. The molecule has 164 valence electrons. The van der Waals surface area contributed by atoms with Crippen LogP contribution in [0.2, 0.25) is 10.0 Å². The number of halogens is 2. The lowest BCUT2D eigenvalue weighted by Gasteiger charge is -2.16. The molecule has 2 aromatic heterocycles. The second-order valence-electron chi connectivity index (χ2n) is 8.27. The number of aryl methyl sites for hydroxylation is 1. The number of aromatic nitrogens is 4. The summed E-state index contributed by atoms with van der Waals surface area (Å²) >= 11 is 12.3. The molecule has 1 aliphatic carbocycles. The molecular formula is C24H23Cl2N5O. The Morgan fingerprint density at radius 1 is 0.969 bits per heavy atom. The molecular weight excluding hydrogens is 445 g/mol. The van der Waals surface area contributed by atoms with Crippen LogP contribution in [0.15, 0.2) is 53.3 Å². The summed E-state index contributed by atoms with van der Waals surface area (Å²) in [5.74, 6) is 1.10. The Hall–Kier alpha value is -2.83. The lowest BCUT2D eigenvalue weighted by molar-refractivity contribution is 0.577. The normalized spacial score (nSPS) is 14.3. The van der Waals surface area contributed by atoms with Crippen LogP contribution in [0.3, 0.4) is 0 Å². The molecule has 1 N–H and O–H groups in total. The second-order valence-corrected chi connectivity index (χ2v) is 9.14. The van der Waals surface area contributed by atoms with Crippen molar-refractivity contribution in [2.45, 2.75) is 25.7 Å². The van der Waals surface area contributed by atoms with Crippen LogP contribution < -0.4 is 11.0 Å². The molecule has 2 aromatic carbocycles. The highest BCUT2D eigenvalue weighted by molar-refractivity contribution is 6.31. The summed E-state index contributed by atoms with van der Waals surface area (Å²) in [5, 5.41) is 9.32. The zero-order valence-electron chi connectivity index (χ0n) is 17.7. The smallest absolute Gasteiger partial charge is 0.352 e. The van der Waals surface area contributed by atoms with Gasteiger partial charge in [0.15, 0.2) is 5.65 Å². The summed E-state index contributed by atoms with van der Waals surface area (Å²) in [6.07, 6.45) is 4.91. The predicted molar refractivity (Wildman–Crippen MR) is 130 cm³/mol. The fourth-order valence-electron chi connectivity index (χ4n) is 4.40. The lowest BCUT2D eigenvalue weighted by atomic mass is 10.00. The van der Waals surface area contributed by atoms with Crippen molar-refractivity contribution in [2.75, 3.05) is 11.9 Å². The zero-order chi connectivity index (χ0) is 22.2. The highest BCUT2D eigenvalue weighted by atomic mass is 35.5. The Balaban J connectivity index is 1.75. The Labute approximate surface area is 195 Å². The van der Waals surface area contributed by atoms with Gasteiger partial charge in [-0.1, -0.05) is 60.3 Å². The van der Waals surface area contributed by atoms with E-state index in [0.717, 1.165) is 28.9 Å². The maximum atomic E-state index is 13.0. The summed E-state index contributed by atoms with van der Waals surface area (Å²) in [5.41, 5.74) is 3.59. The zero-order valence-corrected chi connectivity index (χ0v) is 19.2. The molecule has 0 saturated heterocycles. The maximum absolute atomic E-state index is 13.0. The first-order valence-corrected chi connectivity index (χ1v) is 11.5. The molecule has 8 heteroatoms. The van der Waals surface area contributed by atoms with Gasteiger partial charge in [0.25, 0.3) is 0 Å². The van der Waals surface area contributed by atoms with Crippen LogP contribution in [0.4, 0.5) is 5.95 Å². The number of nitrogens with one attached hydrogen (secondary N) is 1. The number of anilines is 1. The Morgan fingerprint density at radius 3 is 2.19 bits per heavy atom. The molecule has 1 aliphatic rings. The minimum absolute atomic E-state index is 0.237. The minimum atomic E-state index is -0.237. The largest absolute Gasteiger partial charge is 0.355 e. The van der Waals surface area contributed by atoms with Crippen molar-refractivity contribution in [1.29, 1.82) is 0 Å². The van der Waals surface area contributed by atoms with Crippen molar-refractivity contribution in [3.63, 3.8) is 0 Å². The SMILES string of the molecule is Cn1nc2c(-c3ccc(Cl)cc3)c(-c3ccc(Cl)cc3)nc(NCC3CCCC3)n2c1=O. The topological polar surface area (TPSA) is 64.2 Å². The van der Waals surface area contributed by atoms with E-state index in [1.54, 1.807) is 11.4 Å². The van der Waals surface area contributed by atoms with Crippen molar-refractivity contribution < 1.29 is 0 Å². The van der Waals surface area contributed by atoms with Crippen molar-refractivity contribution in [3.8, 4) is 22.4 Å². The summed E-state index contributed by atoms with van der Waals surface area (Å²) in [7, 11) is 1.66. The van der Waals surface area contributed by atoms with Gasteiger partial charge in [0, 0.05) is 29.2 Å². The van der Waals surface area contributed by atoms with E-state index >= 15 is 0 Å². The maximum Gasteiger partial charge on any atom is 0.352 e. The van der Waals surface area contributed by atoms with E-state index in [1.807, 2.05) is 48.5 Å². The van der Waals surface area contributed by atoms with Gasteiger partial charge in [0.05, 0.1) is 11.3 Å². The summed E-state index contributed by atoms with van der Waals surface area (Å²) in [6, 6.07) is 15.0. The molecule has 0 amide bonds. The Kier molecular flexibility index (Phi) is 5.66. The van der Waals surface area contributed by atoms with Gasteiger partial charge in [0.1, 0.15) is 0 Å². The lowest BCUT2D eigenvalue weighted by Crippen LogP contribution is -2.23. The monoisotopic (exact) mass is 467 g/mol. The predicted octanol–water partition coefficient (Wildman–Crippen LogP) is 5.67. The standard InChI is InChI=1S/C24H23Cl2N5O/c1-30-24(32)31-22(29-30)20(16-6-10-18(25)11-7-16)21(17-8-12-19(26)13-9-17)28-23(31)27-14-15-4-2-3-5-15/h6-13,15H,2-5,14H2,1H3,(H,27,28). The molecule has 1 saturated carbocycles. The highest BCUT2D eigenvalue weighted by Gasteiger charge is 2.23. The van der Waals surface area contributed by atoms with Gasteiger partial charge in [-0.15, -0.1) is 5.10 Å². The van der Waals surface area contributed by atoms with Crippen LogP contribution in [0.5, 0.6) is 0 Å². The highest BCUT2D eigenvalue weighted by Crippen LogP contribution is 2.36. The fourth-order valence-corrected chi connectivity index (χ4v) is 4.65. The quantitative estimate of drug-likeness (QED) is 0.410. The van der Waals surface area contributed by atoms with E-state index in [4.69, 9.17) is 28.2 Å². The molecule has 6 nitrogen and oxygen atoms in total. The van der Waals surface area contributed by atoms with E-state index in [1.165, 1.54) is 30.4 Å². The average Bonchev–Trinajstić information content (AvgIpc) is 3.41. The first kappa shape index (κ1) is 21.0. The van der Waals surface area contributed by atoms with Crippen molar-refractivity contribution >= 4 is 34.8 Å². The number of rotatable bonds is 5. The fraction of sp³-hybridized carbons (Fsp3) is 0.292. The van der Waals surface area contributed by atoms with Crippen LogP contribution in [0.25, 0.3) is 28.0 Å². The van der Waals surface area contributed by atoms with Crippen LogP contribution in [0.1, 0.15) is 25.7 Å². The van der Waals surface area contributed by atoms with Gasteiger partial charge in [0.2, 0.25) is 5.95 Å². The number of hydrogen-bond acceptors (Lipinski definition) is 4. The van der Waals surface area contributed by atoms with Gasteiger partial charge in [-0.3, -0.25) is 0 Å². The Morgan fingerprint density at radius 2 is 1.56 bits per heavy atom. The molecule has 1 fully saturated rings. The molecule has 0 aliphatic heterocycles. The summed E-state index contributed by atoms with van der Waals surface area (Å²) < 4.78 is 2.92. The van der Waals surface area contributed by atoms with Crippen LogP contribution in [0, 0.1) is 5.92 Å².